The molecular weight excluding hydrogens is 322 g/mol. The Morgan fingerprint density at radius 2 is 1.88 bits per heavy atom. The van der Waals surface area contributed by atoms with E-state index in [-0.39, 0.29) is 23.3 Å². The highest BCUT2D eigenvalue weighted by Crippen LogP contribution is 2.46. The van der Waals surface area contributed by atoms with E-state index in [0.717, 1.165) is 56.3 Å². The summed E-state index contributed by atoms with van der Waals surface area (Å²) >= 11 is 0. The molecule has 3 N–H and O–H groups in total. The lowest BCUT2D eigenvalue weighted by Gasteiger charge is -2.32. The van der Waals surface area contributed by atoms with Crippen LogP contribution in [0.1, 0.15) is 69.9 Å². The van der Waals surface area contributed by atoms with Crippen molar-refractivity contribution < 1.29 is 10.2 Å². The number of hydrogen-bond acceptors (Lipinski definition) is 3. The second-order valence-corrected chi connectivity index (χ2v) is 7.63. The molecule has 0 aliphatic heterocycles. The van der Waals surface area contributed by atoms with Crippen molar-refractivity contribution >= 4 is 0 Å². The molecule has 2 rings (SSSR count). The molecule has 0 heterocycles. The fourth-order valence-corrected chi connectivity index (χ4v) is 3.97. The third kappa shape index (κ3) is 5.14. The minimum absolute atomic E-state index is 0.0143. The van der Waals surface area contributed by atoms with Crippen LogP contribution in [0.15, 0.2) is 35.9 Å². The second-order valence-electron chi connectivity index (χ2n) is 7.63. The molecule has 1 aliphatic carbocycles. The average Bonchev–Trinajstić information content (AvgIpc) is 2.59. The van der Waals surface area contributed by atoms with Crippen molar-refractivity contribution in [2.75, 3.05) is 13.1 Å². The Kier molecular flexibility index (Phi) is 7.77. The molecule has 3 heteroatoms. The Labute approximate surface area is 158 Å². The van der Waals surface area contributed by atoms with Gasteiger partial charge in [-0.2, -0.15) is 0 Å². The van der Waals surface area contributed by atoms with Gasteiger partial charge in [0.2, 0.25) is 0 Å². The fraction of sp³-hybridized carbons (Fsp3) is 0.565. The second kappa shape index (κ2) is 9.82. The molecule has 26 heavy (non-hydrogen) atoms. The largest absolute Gasteiger partial charge is 0.507 e. The number of nitrogens with one attached hydrogen (secondary N) is 1. The number of phenols is 2. The van der Waals surface area contributed by atoms with Crippen LogP contribution in [0, 0.1) is 5.92 Å². The highest BCUT2D eigenvalue weighted by atomic mass is 16.3. The van der Waals surface area contributed by atoms with Crippen LogP contribution < -0.4 is 5.32 Å². The quantitative estimate of drug-likeness (QED) is 0.408. The van der Waals surface area contributed by atoms with E-state index in [1.807, 2.05) is 12.1 Å². The number of rotatable bonds is 9. The number of aromatic hydroxyl groups is 2. The molecule has 0 amide bonds. The van der Waals surface area contributed by atoms with E-state index in [2.05, 4.69) is 38.7 Å². The average molecular weight is 358 g/mol. The van der Waals surface area contributed by atoms with Gasteiger partial charge in [-0.1, -0.05) is 50.5 Å². The highest BCUT2D eigenvalue weighted by Gasteiger charge is 2.31. The maximum absolute atomic E-state index is 10.7. The predicted molar refractivity (Wildman–Crippen MR) is 110 cm³/mol. The zero-order chi connectivity index (χ0) is 19.1. The van der Waals surface area contributed by atoms with E-state index in [9.17, 15) is 10.2 Å². The Balaban J connectivity index is 2.30. The molecule has 0 fully saturated rings. The molecule has 3 nitrogen and oxygen atoms in total. The van der Waals surface area contributed by atoms with E-state index < -0.39 is 0 Å². The number of unbranched alkanes of at least 4 members (excludes halogenated alkanes) is 2. The highest BCUT2D eigenvalue weighted by molar-refractivity contribution is 5.52. The predicted octanol–water partition coefficient (Wildman–Crippen LogP) is 5.44. The molecule has 0 saturated carbocycles. The monoisotopic (exact) mass is 357 g/mol. The normalized spacial score (nSPS) is 20.0. The molecule has 0 radical (unpaired) electrons. The SMILES string of the molecule is C=C(CNCC)[C@@H]1CCC(C)=CC1c1c(O)cc(CCCCC)cc1O. The Morgan fingerprint density at radius 3 is 2.50 bits per heavy atom. The molecule has 2 atom stereocenters. The zero-order valence-corrected chi connectivity index (χ0v) is 16.6. The molecule has 0 saturated heterocycles. The van der Waals surface area contributed by atoms with Gasteiger partial charge in [0.25, 0.3) is 0 Å². The van der Waals surface area contributed by atoms with Crippen molar-refractivity contribution in [3.63, 3.8) is 0 Å². The van der Waals surface area contributed by atoms with Crippen LogP contribution >= 0.6 is 0 Å². The van der Waals surface area contributed by atoms with Gasteiger partial charge in [0.15, 0.2) is 0 Å². The number of hydrogen-bond donors (Lipinski definition) is 3. The summed E-state index contributed by atoms with van der Waals surface area (Å²) in [5.41, 5.74) is 4.13. The van der Waals surface area contributed by atoms with E-state index in [0.29, 0.717) is 5.56 Å². The summed E-state index contributed by atoms with van der Waals surface area (Å²) in [6.07, 6.45) is 8.57. The smallest absolute Gasteiger partial charge is 0.123 e. The van der Waals surface area contributed by atoms with E-state index in [1.54, 1.807) is 0 Å². The first-order valence-corrected chi connectivity index (χ1v) is 10.1. The maximum Gasteiger partial charge on any atom is 0.123 e. The molecule has 1 aromatic carbocycles. The van der Waals surface area contributed by atoms with Gasteiger partial charge in [-0.15, -0.1) is 0 Å². The van der Waals surface area contributed by atoms with Gasteiger partial charge in [-0.05, 0) is 62.8 Å². The lowest BCUT2D eigenvalue weighted by molar-refractivity contribution is 0.402. The van der Waals surface area contributed by atoms with E-state index >= 15 is 0 Å². The van der Waals surface area contributed by atoms with Crippen molar-refractivity contribution in [3.05, 3.63) is 47.1 Å². The van der Waals surface area contributed by atoms with E-state index in [4.69, 9.17) is 0 Å². The summed E-state index contributed by atoms with van der Waals surface area (Å²) in [5, 5.41) is 24.8. The Morgan fingerprint density at radius 1 is 1.19 bits per heavy atom. The maximum atomic E-state index is 10.7. The van der Waals surface area contributed by atoms with Crippen molar-refractivity contribution in [1.82, 2.24) is 5.32 Å². The van der Waals surface area contributed by atoms with Crippen molar-refractivity contribution in [3.8, 4) is 11.5 Å². The van der Waals surface area contributed by atoms with Crippen LogP contribution in [0.3, 0.4) is 0 Å². The molecule has 0 spiro atoms. The van der Waals surface area contributed by atoms with Gasteiger partial charge < -0.3 is 15.5 Å². The van der Waals surface area contributed by atoms with Crippen LogP contribution in [0.2, 0.25) is 0 Å². The van der Waals surface area contributed by atoms with Crippen molar-refractivity contribution in [2.45, 2.75) is 65.2 Å². The number of phenolic OH excluding ortho intramolecular Hbond substituents is 2. The van der Waals surface area contributed by atoms with Crippen LogP contribution in [0.25, 0.3) is 0 Å². The van der Waals surface area contributed by atoms with Gasteiger partial charge in [0.1, 0.15) is 11.5 Å². The number of benzene rings is 1. The molecule has 1 aromatic rings. The Bertz CT molecular complexity index is 625. The third-order valence-corrected chi connectivity index (χ3v) is 5.47. The van der Waals surface area contributed by atoms with Crippen LogP contribution in [0.5, 0.6) is 11.5 Å². The van der Waals surface area contributed by atoms with Gasteiger partial charge in [-0.3, -0.25) is 0 Å². The van der Waals surface area contributed by atoms with Crippen LogP contribution in [-0.2, 0) is 6.42 Å². The van der Waals surface area contributed by atoms with Crippen molar-refractivity contribution in [2.24, 2.45) is 5.92 Å². The molecule has 0 aromatic heterocycles. The number of allylic oxidation sites excluding steroid dienone is 2. The molecule has 1 aliphatic rings. The molecule has 1 unspecified atom stereocenters. The molecule has 0 bridgehead atoms. The topological polar surface area (TPSA) is 52.5 Å². The van der Waals surface area contributed by atoms with Crippen molar-refractivity contribution in [1.29, 1.82) is 0 Å². The van der Waals surface area contributed by atoms with Gasteiger partial charge >= 0.3 is 0 Å². The summed E-state index contributed by atoms with van der Waals surface area (Å²) in [7, 11) is 0. The van der Waals surface area contributed by atoms with Crippen LogP contribution in [-0.4, -0.2) is 23.3 Å². The Hall–Kier alpha value is -1.74. The van der Waals surface area contributed by atoms with Gasteiger partial charge in [-0.25, -0.2) is 0 Å². The first-order valence-electron chi connectivity index (χ1n) is 10.1. The summed E-state index contributed by atoms with van der Waals surface area (Å²) in [5.74, 6) is 0.655. The minimum atomic E-state index is -0.0143. The zero-order valence-electron chi connectivity index (χ0n) is 16.6. The number of aryl methyl sites for hydroxylation is 1. The van der Waals surface area contributed by atoms with Gasteiger partial charge in [0.05, 0.1) is 0 Å². The van der Waals surface area contributed by atoms with Crippen LogP contribution in [0.4, 0.5) is 0 Å². The lowest BCUT2D eigenvalue weighted by atomic mass is 9.73. The summed E-state index contributed by atoms with van der Waals surface area (Å²) in [6, 6.07) is 3.68. The minimum Gasteiger partial charge on any atom is -0.507 e. The first kappa shape index (κ1) is 20.6. The number of likely N-dealkylation sites (N-methyl/N-ethyl adjacent to an activating group) is 1. The van der Waals surface area contributed by atoms with Gasteiger partial charge in [0, 0.05) is 18.0 Å². The lowest BCUT2D eigenvalue weighted by Crippen LogP contribution is -2.25. The van der Waals surface area contributed by atoms with E-state index in [1.165, 1.54) is 12.0 Å². The molecule has 144 valence electrons. The fourth-order valence-electron chi connectivity index (χ4n) is 3.97. The summed E-state index contributed by atoms with van der Waals surface area (Å²) in [4.78, 5) is 0. The first-order chi connectivity index (χ1) is 12.5. The standard InChI is InChI=1S/C23H35NO2/c1-5-7-8-9-18-13-21(25)23(22(26)14-18)20-12-16(3)10-11-19(20)17(4)15-24-6-2/h12-14,19-20,24-26H,4-11,15H2,1-3H3/t19-,20?/m0/s1. The summed E-state index contributed by atoms with van der Waals surface area (Å²) < 4.78 is 0. The third-order valence-electron chi connectivity index (χ3n) is 5.47. The summed E-state index contributed by atoms with van der Waals surface area (Å²) in [6.45, 7) is 12.4. The molecular formula is C23H35NO2.